The van der Waals surface area contributed by atoms with Gasteiger partial charge in [0.2, 0.25) is 0 Å². The number of para-hydroxylation sites is 1. The van der Waals surface area contributed by atoms with Gasteiger partial charge in [-0.1, -0.05) is 62.9 Å². The fourth-order valence-electron chi connectivity index (χ4n) is 2.98. The van der Waals surface area contributed by atoms with Gasteiger partial charge in [0.1, 0.15) is 11.5 Å². The number of benzene rings is 2. The normalized spacial score (nSPS) is 11.0. The SMILES string of the molecule is CCCCCCCOc1ccccc1CNCc1ccc(OC(C)C)cc1. The monoisotopic (exact) mass is 369 g/mol. The summed E-state index contributed by atoms with van der Waals surface area (Å²) in [6.45, 7) is 8.76. The number of hydrogen-bond acceptors (Lipinski definition) is 3. The van der Waals surface area contributed by atoms with Crippen molar-refractivity contribution >= 4 is 0 Å². The van der Waals surface area contributed by atoms with Crippen LogP contribution < -0.4 is 14.8 Å². The van der Waals surface area contributed by atoms with Gasteiger partial charge in [0.25, 0.3) is 0 Å². The van der Waals surface area contributed by atoms with Crippen LogP contribution >= 0.6 is 0 Å². The summed E-state index contributed by atoms with van der Waals surface area (Å²) in [5.41, 5.74) is 2.46. The number of unbranched alkanes of at least 4 members (excludes halogenated alkanes) is 4. The molecule has 0 amide bonds. The predicted octanol–water partition coefficient (Wildman–Crippen LogP) is 6.11. The van der Waals surface area contributed by atoms with Crippen LogP contribution in [0.4, 0.5) is 0 Å². The average Bonchev–Trinajstić information content (AvgIpc) is 2.66. The molecule has 3 heteroatoms. The molecule has 3 nitrogen and oxygen atoms in total. The van der Waals surface area contributed by atoms with E-state index in [4.69, 9.17) is 9.47 Å². The van der Waals surface area contributed by atoms with Crippen LogP contribution in [-0.2, 0) is 13.1 Å². The highest BCUT2D eigenvalue weighted by molar-refractivity contribution is 5.33. The molecule has 0 unspecified atom stereocenters. The lowest BCUT2D eigenvalue weighted by atomic mass is 10.1. The van der Waals surface area contributed by atoms with E-state index < -0.39 is 0 Å². The van der Waals surface area contributed by atoms with E-state index in [-0.39, 0.29) is 6.10 Å². The molecule has 0 saturated heterocycles. The summed E-state index contributed by atoms with van der Waals surface area (Å²) >= 11 is 0. The Hall–Kier alpha value is -2.00. The van der Waals surface area contributed by atoms with Gasteiger partial charge in [0, 0.05) is 18.7 Å². The Kier molecular flexibility index (Phi) is 9.78. The Morgan fingerprint density at radius 3 is 2.33 bits per heavy atom. The Balaban J connectivity index is 1.75. The lowest BCUT2D eigenvalue weighted by Crippen LogP contribution is -2.14. The summed E-state index contributed by atoms with van der Waals surface area (Å²) in [5, 5.41) is 3.52. The van der Waals surface area contributed by atoms with Crippen LogP contribution in [0.25, 0.3) is 0 Å². The second-order valence-corrected chi connectivity index (χ2v) is 7.28. The van der Waals surface area contributed by atoms with E-state index >= 15 is 0 Å². The first-order chi connectivity index (χ1) is 13.2. The highest BCUT2D eigenvalue weighted by Gasteiger charge is 2.03. The molecule has 0 fully saturated rings. The van der Waals surface area contributed by atoms with Gasteiger partial charge in [-0.3, -0.25) is 0 Å². The van der Waals surface area contributed by atoms with E-state index in [1.54, 1.807) is 0 Å². The topological polar surface area (TPSA) is 30.5 Å². The molecule has 0 atom stereocenters. The lowest BCUT2D eigenvalue weighted by Gasteiger charge is -2.13. The minimum absolute atomic E-state index is 0.206. The first kappa shape index (κ1) is 21.3. The lowest BCUT2D eigenvalue weighted by molar-refractivity contribution is 0.242. The predicted molar refractivity (Wildman–Crippen MR) is 113 cm³/mol. The molecule has 27 heavy (non-hydrogen) atoms. The summed E-state index contributed by atoms with van der Waals surface area (Å²) in [6, 6.07) is 16.6. The average molecular weight is 370 g/mol. The maximum Gasteiger partial charge on any atom is 0.123 e. The third-order valence-electron chi connectivity index (χ3n) is 4.42. The molecule has 148 valence electrons. The Morgan fingerprint density at radius 2 is 1.59 bits per heavy atom. The molecule has 0 heterocycles. The maximum absolute atomic E-state index is 6.02. The zero-order valence-electron chi connectivity index (χ0n) is 17.2. The highest BCUT2D eigenvalue weighted by Crippen LogP contribution is 2.19. The van der Waals surface area contributed by atoms with E-state index in [1.165, 1.54) is 36.8 Å². The van der Waals surface area contributed by atoms with Gasteiger partial charge in [0.05, 0.1) is 12.7 Å². The first-order valence-electron chi connectivity index (χ1n) is 10.4. The van der Waals surface area contributed by atoms with Crippen LogP contribution in [0, 0.1) is 0 Å². The Morgan fingerprint density at radius 1 is 0.852 bits per heavy atom. The third-order valence-corrected chi connectivity index (χ3v) is 4.42. The van der Waals surface area contributed by atoms with E-state index in [1.807, 2.05) is 32.0 Å². The van der Waals surface area contributed by atoms with Crippen molar-refractivity contribution < 1.29 is 9.47 Å². The Bertz CT molecular complexity index is 637. The first-order valence-corrected chi connectivity index (χ1v) is 10.4. The molecule has 0 aliphatic carbocycles. The van der Waals surface area contributed by atoms with E-state index in [9.17, 15) is 0 Å². The molecule has 0 aromatic heterocycles. The fraction of sp³-hybridized carbons (Fsp3) is 0.500. The highest BCUT2D eigenvalue weighted by atomic mass is 16.5. The maximum atomic E-state index is 6.02. The van der Waals surface area contributed by atoms with Crippen LogP contribution in [0.15, 0.2) is 48.5 Å². The number of hydrogen-bond donors (Lipinski definition) is 1. The smallest absolute Gasteiger partial charge is 0.123 e. The van der Waals surface area contributed by atoms with Gasteiger partial charge in [0.15, 0.2) is 0 Å². The minimum atomic E-state index is 0.206. The molecule has 0 spiro atoms. The third kappa shape index (κ3) is 8.49. The molecular weight excluding hydrogens is 334 g/mol. The molecule has 0 radical (unpaired) electrons. The molecule has 2 aromatic carbocycles. The van der Waals surface area contributed by atoms with Crippen molar-refractivity contribution in [1.82, 2.24) is 5.32 Å². The summed E-state index contributed by atoms with van der Waals surface area (Å²) in [4.78, 5) is 0. The van der Waals surface area contributed by atoms with Crippen LogP contribution in [0.2, 0.25) is 0 Å². The molecule has 0 saturated carbocycles. The summed E-state index contributed by atoms with van der Waals surface area (Å²) < 4.78 is 11.7. The molecule has 2 aromatic rings. The van der Waals surface area contributed by atoms with Gasteiger partial charge >= 0.3 is 0 Å². The summed E-state index contributed by atoms with van der Waals surface area (Å²) in [7, 11) is 0. The van der Waals surface area contributed by atoms with Gasteiger partial charge in [-0.15, -0.1) is 0 Å². The molecule has 0 aliphatic rings. The van der Waals surface area contributed by atoms with Crippen molar-refractivity contribution in [2.75, 3.05) is 6.61 Å². The standard InChI is InChI=1S/C24H35NO2/c1-4-5-6-7-10-17-26-24-12-9-8-11-22(24)19-25-18-21-13-15-23(16-14-21)27-20(2)3/h8-9,11-16,20,25H,4-7,10,17-19H2,1-3H3. The van der Waals surface area contributed by atoms with Crippen molar-refractivity contribution in [1.29, 1.82) is 0 Å². The largest absolute Gasteiger partial charge is 0.493 e. The van der Waals surface area contributed by atoms with E-state index in [2.05, 4.69) is 42.6 Å². The van der Waals surface area contributed by atoms with E-state index in [0.29, 0.717) is 0 Å². The van der Waals surface area contributed by atoms with Crippen LogP contribution in [-0.4, -0.2) is 12.7 Å². The van der Waals surface area contributed by atoms with Gasteiger partial charge < -0.3 is 14.8 Å². The molecule has 0 bridgehead atoms. The quantitative estimate of drug-likeness (QED) is 0.432. The van der Waals surface area contributed by atoms with Crippen LogP contribution in [0.1, 0.15) is 64.0 Å². The van der Waals surface area contributed by atoms with Gasteiger partial charge in [-0.05, 0) is 44.0 Å². The van der Waals surface area contributed by atoms with Crippen molar-refractivity contribution in [3.8, 4) is 11.5 Å². The fourth-order valence-corrected chi connectivity index (χ4v) is 2.98. The van der Waals surface area contributed by atoms with Gasteiger partial charge in [-0.25, -0.2) is 0 Å². The number of rotatable bonds is 13. The van der Waals surface area contributed by atoms with Gasteiger partial charge in [-0.2, -0.15) is 0 Å². The summed E-state index contributed by atoms with van der Waals surface area (Å²) in [6.07, 6.45) is 6.51. The number of ether oxygens (including phenoxy) is 2. The van der Waals surface area contributed by atoms with Crippen molar-refractivity contribution in [2.24, 2.45) is 0 Å². The van der Waals surface area contributed by atoms with E-state index in [0.717, 1.165) is 37.6 Å². The molecular formula is C24H35NO2. The van der Waals surface area contributed by atoms with Crippen LogP contribution in [0.5, 0.6) is 11.5 Å². The summed E-state index contributed by atoms with van der Waals surface area (Å²) in [5.74, 6) is 1.92. The molecule has 2 rings (SSSR count). The van der Waals surface area contributed by atoms with Crippen molar-refractivity contribution in [2.45, 2.75) is 72.1 Å². The van der Waals surface area contributed by atoms with Crippen LogP contribution in [0.3, 0.4) is 0 Å². The second kappa shape index (κ2) is 12.4. The second-order valence-electron chi connectivity index (χ2n) is 7.28. The zero-order chi connectivity index (χ0) is 19.3. The Labute approximate surface area is 165 Å². The number of nitrogens with one attached hydrogen (secondary N) is 1. The minimum Gasteiger partial charge on any atom is -0.493 e. The molecule has 0 aliphatic heterocycles. The molecule has 1 N–H and O–H groups in total. The zero-order valence-corrected chi connectivity index (χ0v) is 17.2. The van der Waals surface area contributed by atoms with Crippen molar-refractivity contribution in [3.63, 3.8) is 0 Å². The van der Waals surface area contributed by atoms with Crippen molar-refractivity contribution in [3.05, 3.63) is 59.7 Å².